The highest BCUT2D eigenvalue weighted by Crippen LogP contribution is 2.42. The molecule has 0 N–H and O–H groups in total. The van der Waals surface area contributed by atoms with Gasteiger partial charge in [-0.1, -0.05) is 28.9 Å². The summed E-state index contributed by atoms with van der Waals surface area (Å²) in [7, 11) is 0. The van der Waals surface area contributed by atoms with E-state index >= 15 is 0 Å². The predicted octanol–water partition coefficient (Wildman–Crippen LogP) is 3.73. The predicted molar refractivity (Wildman–Crippen MR) is 67.2 cm³/mol. The lowest BCUT2D eigenvalue weighted by molar-refractivity contribution is 0.189. The number of hydrogen-bond donors (Lipinski definition) is 0. The van der Waals surface area contributed by atoms with E-state index in [4.69, 9.17) is 10.3 Å². The van der Waals surface area contributed by atoms with Crippen molar-refractivity contribution in [2.75, 3.05) is 6.61 Å². The summed E-state index contributed by atoms with van der Waals surface area (Å²) in [5.74, 6) is 0.841. The van der Waals surface area contributed by atoms with Crippen LogP contribution >= 0.6 is 0 Å². The van der Waals surface area contributed by atoms with Crippen molar-refractivity contribution in [2.45, 2.75) is 25.3 Å². The maximum Gasteiger partial charge on any atom is 0.123 e. The third-order valence-corrected chi connectivity index (χ3v) is 3.20. The largest absolute Gasteiger partial charge is 0.493 e. The molecule has 4 heteroatoms. The van der Waals surface area contributed by atoms with E-state index in [1.165, 1.54) is 0 Å². The van der Waals surface area contributed by atoms with Gasteiger partial charge in [0.2, 0.25) is 0 Å². The number of aryl methyl sites for hydroxylation is 1. The van der Waals surface area contributed by atoms with E-state index in [-0.39, 0.29) is 5.92 Å². The van der Waals surface area contributed by atoms with Crippen LogP contribution in [0.1, 0.15) is 24.0 Å². The standard InChI is InChI=1S/C13H15N3O/c1-4-11-10-7-9(2)5-6-12(10)17-8-13(11,3)15-16-14/h4-7,11H,1,8H2,2-3H3/t11-,13?/m0/s1. The lowest BCUT2D eigenvalue weighted by Gasteiger charge is -2.37. The minimum atomic E-state index is -0.600. The van der Waals surface area contributed by atoms with Crippen LogP contribution in [0.2, 0.25) is 0 Å². The summed E-state index contributed by atoms with van der Waals surface area (Å²) in [6, 6.07) is 6.03. The first-order chi connectivity index (χ1) is 8.10. The van der Waals surface area contributed by atoms with E-state index in [1.807, 2.05) is 32.1 Å². The molecule has 0 aromatic heterocycles. The number of azide groups is 1. The molecule has 0 spiro atoms. The number of ether oxygens (including phenoxy) is 1. The van der Waals surface area contributed by atoms with Crippen LogP contribution in [0.4, 0.5) is 0 Å². The molecule has 1 unspecified atom stereocenters. The molecule has 0 bridgehead atoms. The van der Waals surface area contributed by atoms with Crippen LogP contribution < -0.4 is 4.74 Å². The Bertz CT molecular complexity index is 505. The Labute approximate surface area is 101 Å². The second-order valence-corrected chi connectivity index (χ2v) is 4.59. The highest BCUT2D eigenvalue weighted by Gasteiger charge is 2.38. The summed E-state index contributed by atoms with van der Waals surface area (Å²) in [6.07, 6.45) is 1.83. The van der Waals surface area contributed by atoms with Gasteiger partial charge in [-0.3, -0.25) is 0 Å². The molecule has 0 amide bonds. The lowest BCUT2D eigenvalue weighted by Crippen LogP contribution is -2.39. The van der Waals surface area contributed by atoms with Crippen molar-refractivity contribution in [3.8, 4) is 5.75 Å². The molecule has 4 nitrogen and oxygen atoms in total. The van der Waals surface area contributed by atoms with Gasteiger partial charge in [0.15, 0.2) is 0 Å². The van der Waals surface area contributed by atoms with Gasteiger partial charge in [0.25, 0.3) is 0 Å². The Morgan fingerprint density at radius 1 is 1.65 bits per heavy atom. The Kier molecular flexibility index (Phi) is 2.82. The van der Waals surface area contributed by atoms with Crippen molar-refractivity contribution in [1.82, 2.24) is 0 Å². The van der Waals surface area contributed by atoms with Crippen molar-refractivity contribution < 1.29 is 4.74 Å². The molecule has 0 saturated heterocycles. The first kappa shape index (κ1) is 11.6. The first-order valence-electron chi connectivity index (χ1n) is 5.53. The Morgan fingerprint density at radius 2 is 2.41 bits per heavy atom. The minimum Gasteiger partial charge on any atom is -0.493 e. The molecule has 2 atom stereocenters. The molecule has 1 aliphatic heterocycles. The number of fused-ring (bicyclic) bond motifs is 1. The van der Waals surface area contributed by atoms with Gasteiger partial charge in [-0.15, -0.1) is 6.58 Å². The van der Waals surface area contributed by atoms with Crippen LogP contribution in [-0.4, -0.2) is 12.1 Å². The highest BCUT2D eigenvalue weighted by molar-refractivity contribution is 5.45. The number of rotatable bonds is 2. The zero-order valence-electron chi connectivity index (χ0n) is 10.1. The van der Waals surface area contributed by atoms with Crippen LogP contribution in [-0.2, 0) is 0 Å². The van der Waals surface area contributed by atoms with Crippen LogP contribution in [0.15, 0.2) is 36.0 Å². The van der Waals surface area contributed by atoms with Gasteiger partial charge in [0.1, 0.15) is 12.4 Å². The highest BCUT2D eigenvalue weighted by atomic mass is 16.5. The SMILES string of the molecule is C=C[C@H]1c2cc(C)ccc2OCC1(C)N=[N+]=[N-]. The summed E-state index contributed by atoms with van der Waals surface area (Å²) in [4.78, 5) is 2.92. The molecule has 1 aliphatic rings. The van der Waals surface area contributed by atoms with Gasteiger partial charge in [0, 0.05) is 16.4 Å². The van der Waals surface area contributed by atoms with Gasteiger partial charge < -0.3 is 4.74 Å². The molecular formula is C13H15N3O. The average Bonchev–Trinajstić information content (AvgIpc) is 2.29. The van der Waals surface area contributed by atoms with E-state index in [0.29, 0.717) is 6.61 Å². The zero-order valence-corrected chi connectivity index (χ0v) is 10.1. The normalized spacial score (nSPS) is 26.4. The van der Waals surface area contributed by atoms with Crippen molar-refractivity contribution in [2.24, 2.45) is 5.11 Å². The smallest absolute Gasteiger partial charge is 0.123 e. The van der Waals surface area contributed by atoms with Crippen molar-refractivity contribution >= 4 is 0 Å². The summed E-state index contributed by atoms with van der Waals surface area (Å²) >= 11 is 0. The fourth-order valence-corrected chi connectivity index (χ4v) is 2.27. The van der Waals surface area contributed by atoms with Crippen molar-refractivity contribution in [3.05, 3.63) is 52.4 Å². The van der Waals surface area contributed by atoms with E-state index in [1.54, 1.807) is 0 Å². The number of benzene rings is 1. The number of hydrogen-bond acceptors (Lipinski definition) is 2. The third kappa shape index (κ3) is 1.87. The monoisotopic (exact) mass is 229 g/mol. The molecule has 0 aliphatic carbocycles. The molecule has 1 aromatic rings. The van der Waals surface area contributed by atoms with Gasteiger partial charge in [-0.05, 0) is 25.4 Å². The molecule has 17 heavy (non-hydrogen) atoms. The number of nitrogens with zero attached hydrogens (tertiary/aromatic N) is 3. The zero-order chi connectivity index (χ0) is 12.5. The average molecular weight is 229 g/mol. The van der Waals surface area contributed by atoms with Crippen molar-refractivity contribution in [1.29, 1.82) is 0 Å². The summed E-state index contributed by atoms with van der Waals surface area (Å²) < 4.78 is 5.67. The van der Waals surface area contributed by atoms with Crippen molar-refractivity contribution in [3.63, 3.8) is 0 Å². The van der Waals surface area contributed by atoms with Crippen LogP contribution in [0.3, 0.4) is 0 Å². The van der Waals surface area contributed by atoms with Gasteiger partial charge >= 0.3 is 0 Å². The molecule has 0 saturated carbocycles. The molecule has 88 valence electrons. The summed E-state index contributed by atoms with van der Waals surface area (Å²) in [5, 5.41) is 3.88. The molecular weight excluding hydrogens is 214 g/mol. The maximum absolute atomic E-state index is 8.67. The van der Waals surface area contributed by atoms with Crippen LogP contribution in [0, 0.1) is 6.92 Å². The van der Waals surface area contributed by atoms with Gasteiger partial charge in [-0.2, -0.15) is 0 Å². The van der Waals surface area contributed by atoms with Crippen LogP contribution in [0.25, 0.3) is 10.4 Å². The molecule has 2 rings (SSSR count). The Balaban J connectivity index is 2.56. The van der Waals surface area contributed by atoms with E-state index in [2.05, 4.69) is 22.7 Å². The summed E-state index contributed by atoms with van der Waals surface area (Å²) in [5.41, 5.74) is 10.3. The quantitative estimate of drug-likeness (QED) is 0.330. The van der Waals surface area contributed by atoms with E-state index in [9.17, 15) is 0 Å². The summed E-state index contributed by atoms with van der Waals surface area (Å²) in [6.45, 7) is 8.15. The Morgan fingerprint density at radius 3 is 3.06 bits per heavy atom. The van der Waals surface area contributed by atoms with Gasteiger partial charge in [0.05, 0.1) is 5.54 Å². The van der Waals surface area contributed by atoms with E-state index in [0.717, 1.165) is 16.9 Å². The second-order valence-electron chi connectivity index (χ2n) is 4.59. The minimum absolute atomic E-state index is 0.0120. The van der Waals surface area contributed by atoms with Crippen LogP contribution in [0.5, 0.6) is 5.75 Å². The second kappa shape index (κ2) is 4.15. The molecule has 0 radical (unpaired) electrons. The fraction of sp³-hybridized carbons (Fsp3) is 0.385. The Hall–Kier alpha value is -1.93. The topological polar surface area (TPSA) is 58.0 Å². The molecule has 1 aromatic carbocycles. The molecule has 0 fully saturated rings. The third-order valence-electron chi connectivity index (χ3n) is 3.20. The maximum atomic E-state index is 8.67. The van der Waals surface area contributed by atoms with E-state index < -0.39 is 5.54 Å². The van der Waals surface area contributed by atoms with Gasteiger partial charge in [-0.25, -0.2) is 0 Å². The molecule has 1 heterocycles. The lowest BCUT2D eigenvalue weighted by atomic mass is 9.79. The first-order valence-corrected chi connectivity index (χ1v) is 5.53. The fourth-order valence-electron chi connectivity index (χ4n) is 2.27.